The molecule has 0 radical (unpaired) electrons. The van der Waals surface area contributed by atoms with Crippen molar-refractivity contribution in [3.63, 3.8) is 0 Å². The molecule has 0 spiro atoms. The molecule has 2 heteroatoms. The van der Waals surface area contributed by atoms with Crippen LogP contribution in [0.25, 0.3) is 0 Å². The van der Waals surface area contributed by atoms with Crippen LogP contribution in [0.2, 0.25) is 0 Å². The van der Waals surface area contributed by atoms with Crippen molar-refractivity contribution in [2.75, 3.05) is 0 Å². The molecule has 0 amide bonds. The average molecular weight is 803 g/mol. The van der Waals surface area contributed by atoms with E-state index >= 15 is 0 Å². The summed E-state index contributed by atoms with van der Waals surface area (Å²) in [6.07, 6.45) is 35.7. The van der Waals surface area contributed by atoms with Gasteiger partial charge in [0.05, 0.1) is 0 Å². The molecular weight excluding hydrogens is 701 g/mol. The fourth-order valence-corrected chi connectivity index (χ4v) is 16.4. The lowest BCUT2D eigenvalue weighted by Crippen LogP contribution is -2.70. The summed E-state index contributed by atoms with van der Waals surface area (Å²) in [6, 6.07) is 5.01. The van der Waals surface area contributed by atoms with E-state index in [-0.39, 0.29) is 0 Å². The minimum absolute atomic E-state index is 0.415. The Labute approximate surface area is 363 Å². The van der Waals surface area contributed by atoms with Crippen molar-refractivity contribution in [2.45, 2.75) is 273 Å². The summed E-state index contributed by atoms with van der Waals surface area (Å²) in [5.74, 6) is 10.9. The van der Waals surface area contributed by atoms with E-state index in [1.54, 1.807) is 0 Å². The van der Waals surface area contributed by atoms with Crippen LogP contribution in [0.3, 0.4) is 0 Å². The van der Waals surface area contributed by atoms with Crippen molar-refractivity contribution < 1.29 is 0 Å². The first-order valence-corrected chi connectivity index (χ1v) is 27.1. The monoisotopic (exact) mass is 803 g/mol. The van der Waals surface area contributed by atoms with Crippen molar-refractivity contribution in [2.24, 2.45) is 81.8 Å². The van der Waals surface area contributed by atoms with Crippen LogP contribution in [-0.2, 0) is 0 Å². The van der Waals surface area contributed by atoms with E-state index in [1.807, 2.05) is 0 Å². The van der Waals surface area contributed by atoms with Gasteiger partial charge in [0.1, 0.15) is 0 Å². The second-order valence-electron chi connectivity index (χ2n) is 26.0. The van der Waals surface area contributed by atoms with E-state index in [1.165, 1.54) is 154 Å². The third-order valence-electron chi connectivity index (χ3n) is 20.8. The molecule has 0 aromatic carbocycles. The molecule has 0 aliphatic heterocycles. The van der Waals surface area contributed by atoms with Crippen LogP contribution < -0.4 is 0 Å². The van der Waals surface area contributed by atoms with E-state index < -0.39 is 0 Å². The Morgan fingerprint density at radius 1 is 0.397 bits per heavy atom. The quantitative estimate of drug-likeness (QED) is 0.217. The van der Waals surface area contributed by atoms with Crippen LogP contribution in [0.15, 0.2) is 0 Å². The number of rotatable bonds is 10. The van der Waals surface area contributed by atoms with Gasteiger partial charge in [-0.3, -0.25) is 9.80 Å². The lowest BCUT2D eigenvalue weighted by Gasteiger charge is -2.66. The van der Waals surface area contributed by atoms with Crippen LogP contribution >= 0.6 is 0 Å². The van der Waals surface area contributed by atoms with Gasteiger partial charge < -0.3 is 0 Å². The first-order valence-electron chi connectivity index (χ1n) is 27.1. The molecule has 10 atom stereocenters. The zero-order valence-corrected chi connectivity index (χ0v) is 41.3. The van der Waals surface area contributed by atoms with Gasteiger partial charge in [-0.15, -0.1) is 0 Å². The smallest absolute Gasteiger partial charge is 0.0164 e. The molecule has 0 saturated heterocycles. The largest absolute Gasteiger partial charge is 0.294 e. The van der Waals surface area contributed by atoms with Gasteiger partial charge in [-0.1, -0.05) is 95.9 Å². The summed E-state index contributed by atoms with van der Waals surface area (Å²) < 4.78 is 0. The molecule has 58 heavy (non-hydrogen) atoms. The molecule has 7 aliphatic carbocycles. The zero-order valence-electron chi connectivity index (χ0n) is 41.3. The van der Waals surface area contributed by atoms with Gasteiger partial charge in [-0.05, 0) is 223 Å². The van der Waals surface area contributed by atoms with Crippen LogP contribution in [-0.4, -0.2) is 46.1 Å². The predicted octanol–water partition coefficient (Wildman–Crippen LogP) is 15.9. The Bertz CT molecular complexity index is 1130. The summed E-state index contributed by atoms with van der Waals surface area (Å²) in [7, 11) is 0. The molecule has 7 saturated carbocycles. The minimum atomic E-state index is 0.415. The Morgan fingerprint density at radius 3 is 0.966 bits per heavy atom. The average Bonchev–Trinajstić information content (AvgIpc) is 3.21. The molecule has 0 bridgehead atoms. The van der Waals surface area contributed by atoms with Gasteiger partial charge in [0.25, 0.3) is 0 Å². The van der Waals surface area contributed by atoms with Crippen molar-refractivity contribution in [1.29, 1.82) is 0 Å². The summed E-state index contributed by atoms with van der Waals surface area (Å²) >= 11 is 0. The lowest BCUT2D eigenvalue weighted by molar-refractivity contribution is -0.166. The van der Waals surface area contributed by atoms with E-state index in [0.717, 1.165) is 107 Å². The third kappa shape index (κ3) is 9.99. The molecule has 10 unspecified atom stereocenters. The molecular formula is C56H102N2. The number of hydrogen-bond acceptors (Lipinski definition) is 2. The topological polar surface area (TPSA) is 6.48 Å². The number of hydrogen-bond donors (Lipinski definition) is 0. The molecule has 0 aromatic heterocycles. The summed E-state index contributed by atoms with van der Waals surface area (Å²) in [5, 5.41) is 0. The van der Waals surface area contributed by atoms with Crippen molar-refractivity contribution >= 4 is 0 Å². The minimum Gasteiger partial charge on any atom is -0.294 e. The van der Waals surface area contributed by atoms with Crippen molar-refractivity contribution in [3.05, 3.63) is 0 Å². The molecule has 0 N–H and O–H groups in total. The summed E-state index contributed by atoms with van der Waals surface area (Å²) in [5.41, 5.74) is 0.831. The van der Waals surface area contributed by atoms with Gasteiger partial charge in [0, 0.05) is 36.3 Å². The van der Waals surface area contributed by atoms with E-state index in [2.05, 4.69) is 92.9 Å². The molecule has 2 nitrogen and oxygen atoms in total. The van der Waals surface area contributed by atoms with Crippen molar-refractivity contribution in [3.8, 4) is 0 Å². The molecule has 0 heterocycles. The van der Waals surface area contributed by atoms with Crippen LogP contribution in [0.5, 0.6) is 0 Å². The highest BCUT2D eigenvalue weighted by atomic mass is 15.3. The fraction of sp³-hybridized carbons (Fsp3) is 1.00. The highest BCUT2D eigenvalue weighted by Gasteiger charge is 2.60. The highest BCUT2D eigenvalue weighted by molar-refractivity contribution is 5.12. The first kappa shape index (κ1) is 45.9. The summed E-state index contributed by atoms with van der Waals surface area (Å²) in [6.45, 7) is 31.0. The highest BCUT2D eigenvalue weighted by Crippen LogP contribution is 2.61. The van der Waals surface area contributed by atoms with Gasteiger partial charge in [0.15, 0.2) is 0 Å². The molecule has 0 aromatic rings. The normalized spacial score (nSPS) is 44.4. The zero-order chi connectivity index (χ0) is 41.5. The number of fused-ring (bicyclic) bond motifs is 2. The maximum Gasteiger partial charge on any atom is 0.0164 e. The van der Waals surface area contributed by atoms with Gasteiger partial charge in [0.2, 0.25) is 0 Å². The van der Waals surface area contributed by atoms with E-state index in [9.17, 15) is 0 Å². The van der Waals surface area contributed by atoms with Crippen LogP contribution in [0, 0.1) is 81.8 Å². The number of nitrogens with zero attached hydrogens (tertiary/aromatic N) is 2. The SMILES string of the molecule is CCC(C)C1CCC(N(C2CCC(C)CC2)C2C3CCC(C(C)(C)C)CC3C(N(C3CCC(C)CC3)C3CCC(C(C)CC)CC3)C3CCC(C(C)(C)C)CC32)CC1. The van der Waals surface area contributed by atoms with E-state index in [0.29, 0.717) is 10.8 Å². The molecule has 7 fully saturated rings. The molecule has 7 aliphatic rings. The fourth-order valence-electron chi connectivity index (χ4n) is 16.4. The predicted molar refractivity (Wildman–Crippen MR) is 252 cm³/mol. The Kier molecular flexibility index (Phi) is 15.3. The Hall–Kier alpha value is -0.0800. The van der Waals surface area contributed by atoms with Crippen molar-refractivity contribution in [1.82, 2.24) is 9.80 Å². The summed E-state index contributed by atoms with van der Waals surface area (Å²) in [4.78, 5) is 7.02. The van der Waals surface area contributed by atoms with Gasteiger partial charge >= 0.3 is 0 Å². The Balaban J connectivity index is 1.32. The molecule has 336 valence electrons. The standard InChI is InChI=1S/C56H102N2/c1-13-39(5)41-19-29-47(30-20-41)57(45-25-15-37(3)16-26-45)53-49-33-23-44(56(10,11)12)36-52(49)54(50-34-24-43(35-51(50)53)55(7,8)9)58(46-27-17-38(4)18-28-46)48-31-21-42(22-32-48)40(6)14-2/h37-54H,13-36H2,1-12H3. The van der Waals surface area contributed by atoms with Crippen LogP contribution in [0.1, 0.15) is 237 Å². The van der Waals surface area contributed by atoms with Gasteiger partial charge in [-0.2, -0.15) is 0 Å². The Morgan fingerprint density at radius 2 is 0.690 bits per heavy atom. The molecule has 7 rings (SSSR count). The van der Waals surface area contributed by atoms with Crippen LogP contribution in [0.4, 0.5) is 0 Å². The second kappa shape index (κ2) is 19.3. The first-order chi connectivity index (χ1) is 27.6. The lowest BCUT2D eigenvalue weighted by atomic mass is 9.49. The van der Waals surface area contributed by atoms with Gasteiger partial charge in [-0.25, -0.2) is 0 Å². The maximum atomic E-state index is 3.51. The van der Waals surface area contributed by atoms with E-state index in [4.69, 9.17) is 0 Å². The third-order valence-corrected chi connectivity index (χ3v) is 20.8. The maximum absolute atomic E-state index is 3.51. The second-order valence-corrected chi connectivity index (χ2v) is 26.0.